The van der Waals surface area contributed by atoms with Crippen molar-refractivity contribution in [2.24, 2.45) is 0 Å². The third-order valence-corrected chi connectivity index (χ3v) is 6.79. The van der Waals surface area contributed by atoms with Gasteiger partial charge in [0.1, 0.15) is 5.69 Å². The molecule has 0 bridgehead atoms. The number of ketones is 1. The first-order valence-corrected chi connectivity index (χ1v) is 14.6. The predicted octanol–water partition coefficient (Wildman–Crippen LogP) is 4.15. The van der Waals surface area contributed by atoms with E-state index in [-0.39, 0.29) is 43.1 Å². The second-order valence-corrected chi connectivity index (χ2v) is 11.8. The van der Waals surface area contributed by atoms with Crippen LogP contribution in [0.3, 0.4) is 0 Å². The van der Waals surface area contributed by atoms with Crippen molar-refractivity contribution in [1.82, 2.24) is 19.9 Å². The van der Waals surface area contributed by atoms with Crippen molar-refractivity contribution in [2.75, 3.05) is 6.26 Å². The molecule has 3 amide bonds. The van der Waals surface area contributed by atoms with Gasteiger partial charge in [-0.3, -0.25) is 9.59 Å². The molecule has 2 aromatic carbocycles. The maximum absolute atomic E-state index is 13.5. The van der Waals surface area contributed by atoms with Crippen LogP contribution in [0.2, 0.25) is 5.02 Å². The van der Waals surface area contributed by atoms with Crippen LogP contribution in [-0.2, 0) is 27.9 Å². The van der Waals surface area contributed by atoms with Crippen molar-refractivity contribution < 1.29 is 22.8 Å². The van der Waals surface area contributed by atoms with Crippen LogP contribution < -0.4 is 15.4 Å². The first-order chi connectivity index (χ1) is 18.4. The maximum Gasteiger partial charge on any atom is 0.315 e. The molecule has 0 saturated carbocycles. The largest absolute Gasteiger partial charge is 0.336 e. The number of Topliss-reactive ketones (excluding diaryl/α,β-unsaturated/α-hetero) is 1. The van der Waals surface area contributed by atoms with Gasteiger partial charge in [0, 0.05) is 52.6 Å². The van der Waals surface area contributed by atoms with Gasteiger partial charge in [-0.15, -0.1) is 0 Å². The lowest BCUT2D eigenvalue weighted by molar-refractivity contribution is -0.113. The van der Waals surface area contributed by atoms with E-state index in [9.17, 15) is 22.8 Å². The quantitative estimate of drug-likeness (QED) is 0.376. The molecule has 1 aromatic heterocycles. The smallest absolute Gasteiger partial charge is 0.315 e. The molecule has 0 fully saturated rings. The Balaban J connectivity index is 1.83. The van der Waals surface area contributed by atoms with Crippen molar-refractivity contribution in [3.63, 3.8) is 0 Å². The van der Waals surface area contributed by atoms with Crippen molar-refractivity contribution in [3.05, 3.63) is 88.1 Å². The molecule has 204 valence electrons. The Hall–Kier alpha value is -3.89. The number of allylic oxidation sites excluding steroid dienone is 4. The van der Waals surface area contributed by atoms with E-state index in [4.69, 9.17) is 11.6 Å². The van der Waals surface area contributed by atoms with E-state index in [0.29, 0.717) is 27.1 Å². The Morgan fingerprint density at radius 3 is 2.54 bits per heavy atom. The highest BCUT2D eigenvalue weighted by atomic mass is 35.5. The molecule has 11 heteroatoms. The topological polar surface area (TPSA) is 126 Å². The van der Waals surface area contributed by atoms with Gasteiger partial charge >= 0.3 is 6.03 Å². The van der Waals surface area contributed by atoms with Crippen LogP contribution in [0.25, 0.3) is 16.5 Å². The lowest BCUT2D eigenvalue weighted by Gasteiger charge is -2.15. The third kappa shape index (κ3) is 6.76. The average Bonchev–Trinajstić information content (AvgIpc) is 3.15. The Kier molecular flexibility index (Phi) is 8.27. The predicted molar refractivity (Wildman–Crippen MR) is 152 cm³/mol. The standard InChI is InChI=1S/C28H29ClN4O5S/c1-17(2)31-28(36)30-15-18-7-6-8-19(13-18)16-33-23-12-11-20(29)14-22(23)25(21-9-4-5-10-24(21)34)26(33)27(35)32-39(3,37)38/h4-9,11-14,17H,10,15-16H2,1-3H3,(H,32,35)(H2,30,31,36). The summed E-state index contributed by atoms with van der Waals surface area (Å²) in [5.41, 5.74) is 2.91. The van der Waals surface area contributed by atoms with Crippen LogP contribution in [0.5, 0.6) is 0 Å². The first kappa shape index (κ1) is 28.1. The van der Waals surface area contributed by atoms with Crippen LogP contribution in [-0.4, -0.2) is 43.0 Å². The SMILES string of the molecule is CC(C)NC(=O)NCc1cccc(Cn2c(C(=O)NS(C)(=O)=O)c(C3=CC=CCC3=O)c3cc(Cl)ccc32)c1. The van der Waals surface area contributed by atoms with Crippen molar-refractivity contribution >= 4 is 55.8 Å². The zero-order valence-corrected chi connectivity index (χ0v) is 23.3. The minimum atomic E-state index is -3.90. The number of hydrogen-bond acceptors (Lipinski definition) is 5. The van der Waals surface area contributed by atoms with E-state index in [1.165, 1.54) is 0 Å². The van der Waals surface area contributed by atoms with Crippen molar-refractivity contribution in [1.29, 1.82) is 0 Å². The summed E-state index contributed by atoms with van der Waals surface area (Å²) in [5.74, 6) is -1.05. The highest BCUT2D eigenvalue weighted by molar-refractivity contribution is 7.89. The van der Waals surface area contributed by atoms with E-state index in [0.717, 1.165) is 17.4 Å². The molecule has 3 N–H and O–H groups in total. The van der Waals surface area contributed by atoms with Crippen molar-refractivity contribution in [3.8, 4) is 0 Å². The summed E-state index contributed by atoms with van der Waals surface area (Å²) >= 11 is 6.32. The average molecular weight is 569 g/mol. The normalized spacial score (nSPS) is 13.5. The zero-order valence-electron chi connectivity index (χ0n) is 21.7. The molecule has 39 heavy (non-hydrogen) atoms. The van der Waals surface area contributed by atoms with Crippen LogP contribution in [0.4, 0.5) is 4.79 Å². The Labute approximate surface area is 232 Å². The highest BCUT2D eigenvalue weighted by Crippen LogP contribution is 2.36. The lowest BCUT2D eigenvalue weighted by Crippen LogP contribution is -2.39. The number of aromatic nitrogens is 1. The number of hydrogen-bond donors (Lipinski definition) is 3. The molecule has 1 heterocycles. The van der Waals surface area contributed by atoms with Gasteiger partial charge in [-0.25, -0.2) is 17.9 Å². The van der Waals surface area contributed by atoms with Crippen molar-refractivity contribution in [2.45, 2.75) is 39.4 Å². The van der Waals surface area contributed by atoms with Gasteiger partial charge in [0.2, 0.25) is 10.0 Å². The fraction of sp³-hybridized carbons (Fsp3) is 0.250. The van der Waals surface area contributed by atoms with E-state index in [1.54, 1.807) is 41.0 Å². The van der Waals surface area contributed by atoms with E-state index >= 15 is 0 Å². The van der Waals surface area contributed by atoms with Gasteiger partial charge in [0.25, 0.3) is 5.91 Å². The summed E-state index contributed by atoms with van der Waals surface area (Å²) in [6.07, 6.45) is 6.13. The number of benzene rings is 2. The third-order valence-electron chi connectivity index (χ3n) is 6.00. The number of fused-ring (bicyclic) bond motifs is 1. The van der Waals surface area contributed by atoms with Gasteiger partial charge in [-0.2, -0.15) is 0 Å². The summed E-state index contributed by atoms with van der Waals surface area (Å²) in [6.45, 7) is 4.21. The van der Waals surface area contributed by atoms with Gasteiger partial charge in [-0.1, -0.05) is 54.1 Å². The Morgan fingerprint density at radius 1 is 1.10 bits per heavy atom. The molecule has 9 nitrogen and oxygen atoms in total. The van der Waals surface area contributed by atoms with Gasteiger partial charge < -0.3 is 15.2 Å². The summed E-state index contributed by atoms with van der Waals surface area (Å²) in [6, 6.07) is 12.3. The molecular formula is C28H29ClN4O5S. The number of rotatable bonds is 8. The number of halogens is 1. The number of amides is 3. The maximum atomic E-state index is 13.5. The zero-order chi connectivity index (χ0) is 28.3. The van der Waals surface area contributed by atoms with Crippen LogP contribution in [0.1, 0.15) is 47.4 Å². The highest BCUT2D eigenvalue weighted by Gasteiger charge is 2.29. The molecule has 4 rings (SSSR count). The molecule has 0 spiro atoms. The number of carbonyl (C=O) groups excluding carboxylic acids is 3. The van der Waals surface area contributed by atoms with E-state index in [2.05, 4.69) is 15.4 Å². The van der Waals surface area contributed by atoms with Crippen LogP contribution in [0.15, 0.2) is 60.7 Å². The molecule has 0 saturated heterocycles. The summed E-state index contributed by atoms with van der Waals surface area (Å²) in [7, 11) is -3.90. The molecule has 3 aromatic rings. The van der Waals surface area contributed by atoms with Crippen LogP contribution >= 0.6 is 11.6 Å². The minimum Gasteiger partial charge on any atom is -0.336 e. The number of sulfonamides is 1. The molecule has 0 atom stereocenters. The molecule has 1 aliphatic carbocycles. The Morgan fingerprint density at radius 2 is 1.85 bits per heavy atom. The van der Waals surface area contributed by atoms with Crippen LogP contribution in [0, 0.1) is 0 Å². The number of nitrogens with zero attached hydrogens (tertiary/aromatic N) is 1. The van der Waals surface area contributed by atoms with E-state index < -0.39 is 15.9 Å². The molecular weight excluding hydrogens is 540 g/mol. The molecule has 0 unspecified atom stereocenters. The molecule has 0 radical (unpaired) electrons. The Bertz CT molecular complexity index is 1640. The summed E-state index contributed by atoms with van der Waals surface area (Å²) < 4.78 is 27.8. The van der Waals surface area contributed by atoms with Gasteiger partial charge in [-0.05, 0) is 43.2 Å². The molecule has 1 aliphatic rings. The lowest BCUT2D eigenvalue weighted by atomic mass is 9.93. The summed E-state index contributed by atoms with van der Waals surface area (Å²) in [4.78, 5) is 38.4. The summed E-state index contributed by atoms with van der Waals surface area (Å²) in [5, 5.41) is 6.54. The van der Waals surface area contributed by atoms with E-state index in [1.807, 2.05) is 38.1 Å². The van der Waals surface area contributed by atoms with Gasteiger partial charge in [0.05, 0.1) is 6.26 Å². The van der Waals surface area contributed by atoms with Gasteiger partial charge in [0.15, 0.2) is 5.78 Å². The fourth-order valence-electron chi connectivity index (χ4n) is 4.50. The number of carbonyl (C=O) groups is 3. The first-order valence-electron chi connectivity index (χ1n) is 12.3. The monoisotopic (exact) mass is 568 g/mol. The minimum absolute atomic E-state index is 0.000732. The number of nitrogens with one attached hydrogen (secondary N) is 3. The second-order valence-electron chi connectivity index (χ2n) is 9.61. The molecule has 0 aliphatic heterocycles. The number of urea groups is 1. The fourth-order valence-corrected chi connectivity index (χ4v) is 5.10. The second kappa shape index (κ2) is 11.5.